The van der Waals surface area contributed by atoms with Gasteiger partial charge < -0.3 is 19.6 Å². The lowest BCUT2D eigenvalue weighted by molar-refractivity contribution is -0.199. The number of piperazine rings is 1. The molecule has 0 unspecified atom stereocenters. The van der Waals surface area contributed by atoms with Gasteiger partial charge in [-0.3, -0.25) is 9.69 Å². The minimum Gasteiger partial charge on any atom is -0.392 e. The number of nitrogens with zero attached hydrogens (tertiary/aromatic N) is 3. The lowest BCUT2D eigenvalue weighted by Crippen LogP contribution is -2.62. The molecule has 3 fully saturated rings. The van der Waals surface area contributed by atoms with Crippen LogP contribution in [0.1, 0.15) is 35.2 Å². The van der Waals surface area contributed by atoms with Gasteiger partial charge in [-0.1, -0.05) is 12.1 Å². The summed E-state index contributed by atoms with van der Waals surface area (Å²) < 4.78 is 5.54. The molecule has 4 rings (SSSR count). The third-order valence-electron chi connectivity index (χ3n) is 7.21. The Bertz CT molecular complexity index is 677. The van der Waals surface area contributed by atoms with E-state index in [1.165, 1.54) is 5.56 Å². The molecule has 2 saturated heterocycles. The van der Waals surface area contributed by atoms with E-state index in [1.807, 2.05) is 17.0 Å². The number of hydrogen-bond acceptors (Lipinski definition) is 5. The second kappa shape index (κ2) is 8.11. The van der Waals surface area contributed by atoms with Gasteiger partial charge in [-0.2, -0.15) is 0 Å². The van der Waals surface area contributed by atoms with E-state index in [0.29, 0.717) is 13.1 Å². The third-order valence-corrected chi connectivity index (χ3v) is 7.21. The summed E-state index contributed by atoms with van der Waals surface area (Å²) in [6, 6.07) is 8.11. The number of ether oxygens (including phenoxy) is 1. The zero-order valence-corrected chi connectivity index (χ0v) is 17.1. The van der Waals surface area contributed by atoms with Crippen LogP contribution in [0.5, 0.6) is 0 Å². The van der Waals surface area contributed by atoms with Crippen molar-refractivity contribution in [3.05, 3.63) is 35.4 Å². The summed E-state index contributed by atoms with van der Waals surface area (Å²) in [6.45, 7) is 6.77. The monoisotopic (exact) mass is 387 g/mol. The maximum absolute atomic E-state index is 12.9. The number of amides is 1. The average molecular weight is 388 g/mol. The molecule has 1 aromatic carbocycles. The number of carbonyl (C=O) groups excluding carboxylic acids is 1. The van der Waals surface area contributed by atoms with Crippen LogP contribution in [-0.4, -0.2) is 91.3 Å². The molecule has 0 aromatic heterocycles. The molecule has 1 aromatic rings. The predicted molar refractivity (Wildman–Crippen MR) is 108 cm³/mol. The van der Waals surface area contributed by atoms with E-state index in [1.54, 1.807) is 7.11 Å². The molecule has 1 aliphatic carbocycles. The van der Waals surface area contributed by atoms with Crippen LogP contribution in [0.25, 0.3) is 0 Å². The molecule has 6 nitrogen and oxygen atoms in total. The van der Waals surface area contributed by atoms with Gasteiger partial charge in [0.15, 0.2) is 0 Å². The van der Waals surface area contributed by atoms with Crippen molar-refractivity contribution in [2.75, 3.05) is 53.4 Å². The maximum Gasteiger partial charge on any atom is 0.253 e. The van der Waals surface area contributed by atoms with Crippen molar-refractivity contribution in [1.29, 1.82) is 0 Å². The summed E-state index contributed by atoms with van der Waals surface area (Å²) in [4.78, 5) is 19.7. The Morgan fingerprint density at radius 1 is 1.11 bits per heavy atom. The maximum atomic E-state index is 12.9. The van der Waals surface area contributed by atoms with Crippen molar-refractivity contribution in [2.45, 2.75) is 38.0 Å². The van der Waals surface area contributed by atoms with Gasteiger partial charge in [-0.15, -0.1) is 0 Å². The van der Waals surface area contributed by atoms with Crippen LogP contribution in [0.4, 0.5) is 0 Å². The van der Waals surface area contributed by atoms with Gasteiger partial charge in [0.05, 0.1) is 12.2 Å². The Balaban J connectivity index is 1.32. The Hall–Kier alpha value is -1.47. The number of likely N-dealkylation sites (tertiary alicyclic amines) is 1. The van der Waals surface area contributed by atoms with Crippen molar-refractivity contribution >= 4 is 5.91 Å². The lowest BCUT2D eigenvalue weighted by atomic mass is 9.58. The fourth-order valence-electron chi connectivity index (χ4n) is 5.04. The van der Waals surface area contributed by atoms with Crippen molar-refractivity contribution in [1.82, 2.24) is 14.7 Å². The van der Waals surface area contributed by atoms with Crippen molar-refractivity contribution in [3.8, 4) is 0 Å². The van der Waals surface area contributed by atoms with E-state index in [9.17, 15) is 9.90 Å². The van der Waals surface area contributed by atoms with Crippen LogP contribution < -0.4 is 0 Å². The quantitative estimate of drug-likeness (QED) is 0.847. The predicted octanol–water partition coefficient (Wildman–Crippen LogP) is 1.44. The Morgan fingerprint density at radius 2 is 1.75 bits per heavy atom. The number of benzene rings is 1. The zero-order chi connectivity index (χ0) is 19.7. The van der Waals surface area contributed by atoms with Crippen LogP contribution in [0, 0.1) is 5.41 Å². The Morgan fingerprint density at radius 3 is 2.32 bits per heavy atom. The molecule has 2 atom stereocenters. The van der Waals surface area contributed by atoms with Gasteiger partial charge in [0.25, 0.3) is 5.91 Å². The normalized spacial score (nSPS) is 28.3. The summed E-state index contributed by atoms with van der Waals surface area (Å²) in [5, 5.41) is 10.3. The molecule has 0 radical (unpaired) electrons. The second-order valence-corrected chi connectivity index (χ2v) is 8.78. The van der Waals surface area contributed by atoms with Crippen LogP contribution in [-0.2, 0) is 11.3 Å². The van der Waals surface area contributed by atoms with Gasteiger partial charge in [-0.25, -0.2) is 0 Å². The highest BCUT2D eigenvalue weighted by Crippen LogP contribution is 2.50. The number of likely N-dealkylation sites (N-methyl/N-ethyl adjacent to an activating group) is 1. The van der Waals surface area contributed by atoms with Gasteiger partial charge in [0.1, 0.15) is 0 Å². The molecular weight excluding hydrogens is 354 g/mol. The van der Waals surface area contributed by atoms with Crippen LogP contribution in [0.2, 0.25) is 0 Å². The van der Waals surface area contributed by atoms with Crippen LogP contribution in [0.15, 0.2) is 24.3 Å². The third kappa shape index (κ3) is 3.71. The smallest absolute Gasteiger partial charge is 0.253 e. The number of piperidine rings is 1. The second-order valence-electron chi connectivity index (χ2n) is 8.78. The minimum atomic E-state index is -0.288. The van der Waals surface area contributed by atoms with E-state index in [2.05, 4.69) is 29.0 Å². The van der Waals surface area contributed by atoms with Gasteiger partial charge in [0, 0.05) is 70.3 Å². The van der Waals surface area contributed by atoms with Gasteiger partial charge in [-0.05, 0) is 37.6 Å². The van der Waals surface area contributed by atoms with Gasteiger partial charge >= 0.3 is 0 Å². The first-order valence-electron chi connectivity index (χ1n) is 10.5. The van der Waals surface area contributed by atoms with Crippen LogP contribution >= 0.6 is 0 Å². The molecule has 0 bridgehead atoms. The zero-order valence-electron chi connectivity index (χ0n) is 17.1. The largest absolute Gasteiger partial charge is 0.392 e. The molecule has 2 aliphatic heterocycles. The van der Waals surface area contributed by atoms with E-state index in [4.69, 9.17) is 4.74 Å². The first-order chi connectivity index (χ1) is 13.5. The Kier molecular flexibility index (Phi) is 5.74. The number of rotatable bonds is 4. The molecule has 1 N–H and O–H groups in total. The highest BCUT2D eigenvalue weighted by molar-refractivity contribution is 5.94. The summed E-state index contributed by atoms with van der Waals surface area (Å²) in [5.74, 6) is 0.101. The summed E-state index contributed by atoms with van der Waals surface area (Å²) in [6.07, 6.45) is 2.20. The molecule has 3 aliphatic rings. The molecular formula is C22H33N3O3. The van der Waals surface area contributed by atoms with E-state index in [0.717, 1.165) is 57.5 Å². The number of hydrogen-bond donors (Lipinski definition) is 1. The first kappa shape index (κ1) is 19.8. The van der Waals surface area contributed by atoms with Crippen LogP contribution in [0.3, 0.4) is 0 Å². The molecule has 1 spiro atoms. The standard InChI is InChI=1S/C22H33N3O3/c1-23-11-13-24(14-12-23)16-17-3-5-18(6-4-17)21(27)25-9-7-22(8-10-25)19(26)15-20(22)28-2/h3-6,19-20,26H,7-16H2,1-2H3/t19-,20+/m1/s1. The first-order valence-corrected chi connectivity index (χ1v) is 10.5. The summed E-state index contributed by atoms with van der Waals surface area (Å²) in [7, 11) is 3.89. The van der Waals surface area contributed by atoms with Crippen molar-refractivity contribution < 1.29 is 14.6 Å². The Labute approximate surface area is 168 Å². The number of aliphatic hydroxyl groups is 1. The highest BCUT2D eigenvalue weighted by Gasteiger charge is 2.56. The number of methoxy groups -OCH3 is 1. The molecule has 6 heteroatoms. The van der Waals surface area contributed by atoms with E-state index < -0.39 is 0 Å². The van der Waals surface area contributed by atoms with E-state index >= 15 is 0 Å². The van der Waals surface area contributed by atoms with Crippen molar-refractivity contribution in [2.24, 2.45) is 5.41 Å². The van der Waals surface area contributed by atoms with E-state index in [-0.39, 0.29) is 23.5 Å². The molecule has 1 amide bonds. The number of carbonyl (C=O) groups is 1. The van der Waals surface area contributed by atoms with Gasteiger partial charge in [0.2, 0.25) is 0 Å². The summed E-state index contributed by atoms with van der Waals surface area (Å²) >= 11 is 0. The fraction of sp³-hybridized carbons (Fsp3) is 0.682. The lowest BCUT2D eigenvalue weighted by Gasteiger charge is -2.56. The molecule has 2 heterocycles. The van der Waals surface area contributed by atoms with Crippen molar-refractivity contribution in [3.63, 3.8) is 0 Å². The highest BCUT2D eigenvalue weighted by atomic mass is 16.5. The molecule has 1 saturated carbocycles. The SMILES string of the molecule is CO[C@H]1C[C@@H](O)C12CCN(C(=O)c1ccc(CN3CCN(C)CC3)cc1)CC2. The summed E-state index contributed by atoms with van der Waals surface area (Å²) in [5.41, 5.74) is 1.88. The number of aliphatic hydroxyl groups excluding tert-OH is 1. The molecule has 154 valence electrons. The minimum absolute atomic E-state index is 0.101. The average Bonchev–Trinajstić information content (AvgIpc) is 2.73. The molecule has 28 heavy (non-hydrogen) atoms. The topological polar surface area (TPSA) is 56.3 Å². The fourth-order valence-corrected chi connectivity index (χ4v) is 5.04.